The van der Waals surface area contributed by atoms with E-state index in [2.05, 4.69) is 16.8 Å². The minimum absolute atomic E-state index is 0.0121. The lowest BCUT2D eigenvalue weighted by atomic mass is 10.0. The van der Waals surface area contributed by atoms with E-state index in [0.29, 0.717) is 22.6 Å². The molecule has 98 valence electrons. The van der Waals surface area contributed by atoms with E-state index in [1.807, 2.05) is 0 Å². The fourth-order valence-corrected chi connectivity index (χ4v) is 1.60. The number of aromatic amines is 1. The molecule has 0 aliphatic heterocycles. The summed E-state index contributed by atoms with van der Waals surface area (Å²) in [6.07, 6.45) is 0. The van der Waals surface area contributed by atoms with Crippen molar-refractivity contribution in [1.29, 1.82) is 0 Å². The molecule has 6 heteroatoms. The van der Waals surface area contributed by atoms with E-state index in [1.165, 1.54) is 19.2 Å². The van der Waals surface area contributed by atoms with Crippen LogP contribution in [0.15, 0.2) is 30.8 Å². The molecule has 0 amide bonds. The highest BCUT2D eigenvalue weighted by molar-refractivity contribution is 5.87. The number of carbonyl (C=O) groups is 1. The predicted octanol–water partition coefficient (Wildman–Crippen LogP) is 1.88. The second-order valence-corrected chi connectivity index (χ2v) is 3.84. The number of rotatable bonds is 4. The molecule has 0 atom stereocenters. The van der Waals surface area contributed by atoms with Crippen molar-refractivity contribution in [3.63, 3.8) is 0 Å². The summed E-state index contributed by atoms with van der Waals surface area (Å²) in [6, 6.07) is 6.12. The molecule has 2 rings (SSSR count). The van der Waals surface area contributed by atoms with Gasteiger partial charge in [-0.05, 0) is 23.8 Å². The Labute approximate surface area is 109 Å². The van der Waals surface area contributed by atoms with Crippen LogP contribution in [0, 0.1) is 0 Å². The van der Waals surface area contributed by atoms with Gasteiger partial charge < -0.3 is 14.9 Å². The van der Waals surface area contributed by atoms with Crippen LogP contribution in [0.2, 0.25) is 0 Å². The molecule has 0 bridgehead atoms. The summed E-state index contributed by atoms with van der Waals surface area (Å²) >= 11 is 0. The lowest BCUT2D eigenvalue weighted by Crippen LogP contribution is -1.95. The van der Waals surface area contributed by atoms with Gasteiger partial charge in [0.15, 0.2) is 11.5 Å². The molecular weight excluding hydrogens is 248 g/mol. The minimum atomic E-state index is -1.09. The van der Waals surface area contributed by atoms with Gasteiger partial charge in [-0.3, -0.25) is 5.10 Å². The summed E-state index contributed by atoms with van der Waals surface area (Å²) in [5.41, 5.74) is 1.62. The van der Waals surface area contributed by atoms with Crippen LogP contribution < -0.4 is 4.74 Å². The average molecular weight is 260 g/mol. The Bertz CT molecular complexity index is 646. The first-order valence-electron chi connectivity index (χ1n) is 5.38. The largest absolute Gasteiger partial charge is 0.504 e. The number of carboxylic acids is 1. The Morgan fingerprint density at radius 3 is 2.74 bits per heavy atom. The lowest BCUT2D eigenvalue weighted by Gasteiger charge is -2.07. The van der Waals surface area contributed by atoms with Crippen LogP contribution in [0.5, 0.6) is 11.5 Å². The number of hydrogen-bond acceptors (Lipinski definition) is 4. The number of ether oxygens (including phenoxy) is 1. The Morgan fingerprint density at radius 1 is 1.42 bits per heavy atom. The molecule has 2 aromatic rings. The topological polar surface area (TPSA) is 95.4 Å². The standard InChI is InChI=1S/C13H12N2O4/c1-7(9-6-10(13(17)18)15-14-9)8-3-4-11(16)12(5-8)19-2/h3-6,16H,1H2,2H3,(H,14,15)(H,17,18). The van der Waals surface area contributed by atoms with Crippen LogP contribution in [-0.4, -0.2) is 33.5 Å². The van der Waals surface area contributed by atoms with Gasteiger partial charge in [-0.2, -0.15) is 5.10 Å². The molecule has 0 saturated heterocycles. The van der Waals surface area contributed by atoms with Gasteiger partial charge in [0, 0.05) is 5.57 Å². The highest BCUT2D eigenvalue weighted by Crippen LogP contribution is 2.30. The molecule has 0 aliphatic carbocycles. The Kier molecular flexibility index (Phi) is 3.24. The summed E-state index contributed by atoms with van der Waals surface area (Å²) in [5, 5.41) is 24.6. The summed E-state index contributed by atoms with van der Waals surface area (Å²) in [5.74, 6) is -0.755. The Hall–Kier alpha value is -2.76. The van der Waals surface area contributed by atoms with Gasteiger partial charge in [0.2, 0.25) is 0 Å². The van der Waals surface area contributed by atoms with Crippen LogP contribution >= 0.6 is 0 Å². The van der Waals surface area contributed by atoms with Crippen LogP contribution in [0.4, 0.5) is 0 Å². The molecule has 3 N–H and O–H groups in total. The molecular formula is C13H12N2O4. The molecule has 19 heavy (non-hydrogen) atoms. The number of nitrogens with zero attached hydrogens (tertiary/aromatic N) is 1. The number of hydrogen-bond donors (Lipinski definition) is 3. The van der Waals surface area contributed by atoms with E-state index >= 15 is 0 Å². The SMILES string of the molecule is C=C(c1ccc(O)c(OC)c1)c1cc(C(=O)O)[nH]n1. The molecule has 1 heterocycles. The first kappa shape index (κ1) is 12.7. The van der Waals surface area contributed by atoms with Gasteiger partial charge >= 0.3 is 5.97 Å². The van der Waals surface area contributed by atoms with Gasteiger partial charge in [-0.15, -0.1) is 0 Å². The minimum Gasteiger partial charge on any atom is -0.504 e. The fourth-order valence-electron chi connectivity index (χ4n) is 1.60. The van der Waals surface area contributed by atoms with E-state index in [1.54, 1.807) is 12.1 Å². The van der Waals surface area contributed by atoms with Gasteiger partial charge in [0.25, 0.3) is 0 Å². The first-order chi connectivity index (χ1) is 9.02. The van der Waals surface area contributed by atoms with E-state index in [9.17, 15) is 9.90 Å². The highest BCUT2D eigenvalue weighted by atomic mass is 16.5. The zero-order chi connectivity index (χ0) is 14.0. The quantitative estimate of drug-likeness (QED) is 0.780. The lowest BCUT2D eigenvalue weighted by molar-refractivity contribution is 0.0690. The van der Waals surface area contributed by atoms with Gasteiger partial charge in [0.1, 0.15) is 5.69 Å². The van der Waals surface area contributed by atoms with E-state index < -0.39 is 5.97 Å². The number of benzene rings is 1. The number of aromatic carboxylic acids is 1. The molecule has 1 aromatic carbocycles. The molecule has 0 unspecified atom stereocenters. The number of H-pyrrole nitrogens is 1. The van der Waals surface area contributed by atoms with Crippen molar-refractivity contribution in [2.45, 2.75) is 0 Å². The van der Waals surface area contributed by atoms with E-state index in [-0.39, 0.29) is 11.4 Å². The smallest absolute Gasteiger partial charge is 0.353 e. The van der Waals surface area contributed by atoms with Crippen molar-refractivity contribution in [3.8, 4) is 11.5 Å². The van der Waals surface area contributed by atoms with Crippen LogP contribution in [0.3, 0.4) is 0 Å². The molecule has 0 fully saturated rings. The van der Waals surface area contributed by atoms with Gasteiger partial charge in [-0.1, -0.05) is 12.6 Å². The fraction of sp³-hybridized carbons (Fsp3) is 0.0769. The Balaban J connectivity index is 2.35. The number of phenols is 1. The highest BCUT2D eigenvalue weighted by Gasteiger charge is 2.12. The molecule has 0 spiro atoms. The zero-order valence-corrected chi connectivity index (χ0v) is 10.2. The molecule has 6 nitrogen and oxygen atoms in total. The number of carboxylic acid groups (broad SMARTS) is 1. The maximum atomic E-state index is 10.8. The van der Waals surface area contributed by atoms with Crippen molar-refractivity contribution in [2.75, 3.05) is 7.11 Å². The third-order valence-corrected chi connectivity index (χ3v) is 2.65. The average Bonchev–Trinajstić information content (AvgIpc) is 2.88. The number of phenolic OH excluding ortho intramolecular Hbond substituents is 1. The second kappa shape index (κ2) is 4.85. The first-order valence-corrected chi connectivity index (χ1v) is 5.38. The van der Waals surface area contributed by atoms with Gasteiger partial charge in [0.05, 0.1) is 12.8 Å². The maximum Gasteiger partial charge on any atom is 0.353 e. The third-order valence-electron chi connectivity index (χ3n) is 2.65. The van der Waals surface area contributed by atoms with Crippen LogP contribution in [0.25, 0.3) is 5.57 Å². The second-order valence-electron chi connectivity index (χ2n) is 3.84. The van der Waals surface area contributed by atoms with E-state index in [0.717, 1.165) is 0 Å². The van der Waals surface area contributed by atoms with Crippen molar-refractivity contribution < 1.29 is 19.7 Å². The Morgan fingerprint density at radius 2 is 2.16 bits per heavy atom. The van der Waals surface area contributed by atoms with E-state index in [4.69, 9.17) is 9.84 Å². The summed E-state index contributed by atoms with van der Waals surface area (Å²) in [7, 11) is 1.44. The number of aromatic hydroxyl groups is 1. The summed E-state index contributed by atoms with van der Waals surface area (Å²) in [6.45, 7) is 3.86. The third kappa shape index (κ3) is 2.42. The maximum absolute atomic E-state index is 10.8. The molecule has 1 aromatic heterocycles. The van der Waals surface area contributed by atoms with Crippen molar-refractivity contribution >= 4 is 11.5 Å². The zero-order valence-electron chi connectivity index (χ0n) is 10.2. The monoisotopic (exact) mass is 260 g/mol. The van der Waals surface area contributed by atoms with Crippen molar-refractivity contribution in [2.24, 2.45) is 0 Å². The molecule has 0 aliphatic rings. The van der Waals surface area contributed by atoms with Crippen molar-refractivity contribution in [3.05, 3.63) is 47.8 Å². The molecule has 0 radical (unpaired) electrons. The van der Waals surface area contributed by atoms with Crippen molar-refractivity contribution in [1.82, 2.24) is 10.2 Å². The summed E-state index contributed by atoms with van der Waals surface area (Å²) < 4.78 is 5.00. The number of aromatic nitrogens is 2. The van der Waals surface area contributed by atoms with Crippen LogP contribution in [-0.2, 0) is 0 Å². The summed E-state index contributed by atoms with van der Waals surface area (Å²) in [4.78, 5) is 10.8. The predicted molar refractivity (Wildman–Crippen MR) is 68.3 cm³/mol. The number of nitrogens with one attached hydrogen (secondary N) is 1. The van der Waals surface area contributed by atoms with Gasteiger partial charge in [-0.25, -0.2) is 4.79 Å². The molecule has 0 saturated carbocycles. The van der Waals surface area contributed by atoms with Crippen LogP contribution in [0.1, 0.15) is 21.7 Å². The number of methoxy groups -OCH3 is 1. The normalized spacial score (nSPS) is 10.2.